The number of aromatic nitrogens is 1. The van der Waals surface area contributed by atoms with Crippen molar-refractivity contribution < 1.29 is 4.79 Å². The third-order valence-electron chi connectivity index (χ3n) is 4.35. The minimum atomic E-state index is -0.298. The van der Waals surface area contributed by atoms with E-state index in [1.54, 1.807) is 42.5 Å². The molecule has 29 heavy (non-hydrogen) atoms. The second-order valence-electron chi connectivity index (χ2n) is 6.28. The van der Waals surface area contributed by atoms with E-state index in [1.165, 1.54) is 0 Å². The van der Waals surface area contributed by atoms with E-state index in [9.17, 15) is 4.79 Å². The lowest BCUT2D eigenvalue weighted by molar-refractivity contribution is 0.102. The van der Waals surface area contributed by atoms with Gasteiger partial charge in [0.1, 0.15) is 0 Å². The smallest absolute Gasteiger partial charge is 0.256 e. The SMILES string of the molecule is O=C(Nc1ccc(Cl)c(Cl)c1)c1cc(-c2ccc(Cl)cc2Cl)nc2ccccc12. The molecule has 144 valence electrons. The summed E-state index contributed by atoms with van der Waals surface area (Å²) in [7, 11) is 0. The Morgan fingerprint density at radius 3 is 2.34 bits per heavy atom. The molecule has 0 spiro atoms. The number of halogens is 4. The Morgan fingerprint density at radius 2 is 1.59 bits per heavy atom. The third kappa shape index (κ3) is 4.19. The summed E-state index contributed by atoms with van der Waals surface area (Å²) >= 11 is 24.4. The van der Waals surface area contributed by atoms with Gasteiger partial charge in [-0.15, -0.1) is 0 Å². The van der Waals surface area contributed by atoms with E-state index in [1.807, 2.05) is 24.3 Å². The molecule has 0 bridgehead atoms. The van der Waals surface area contributed by atoms with E-state index in [2.05, 4.69) is 10.3 Å². The molecule has 3 nitrogen and oxygen atoms in total. The first-order valence-corrected chi connectivity index (χ1v) is 10.0. The molecule has 4 aromatic rings. The summed E-state index contributed by atoms with van der Waals surface area (Å²) in [6.45, 7) is 0. The highest BCUT2D eigenvalue weighted by Gasteiger charge is 2.16. The van der Waals surface area contributed by atoms with E-state index in [4.69, 9.17) is 46.4 Å². The molecule has 1 N–H and O–H groups in total. The molecular formula is C22H12Cl4N2O. The van der Waals surface area contributed by atoms with E-state index < -0.39 is 0 Å². The van der Waals surface area contributed by atoms with Crippen molar-refractivity contribution in [2.45, 2.75) is 0 Å². The molecule has 0 aliphatic rings. The monoisotopic (exact) mass is 460 g/mol. The molecule has 3 aromatic carbocycles. The van der Waals surface area contributed by atoms with Crippen molar-refractivity contribution in [3.63, 3.8) is 0 Å². The Kier molecular flexibility index (Phi) is 5.66. The number of carbonyl (C=O) groups is 1. The van der Waals surface area contributed by atoms with Gasteiger partial charge in [-0.1, -0.05) is 64.6 Å². The lowest BCUT2D eigenvalue weighted by Gasteiger charge is -2.12. The number of anilines is 1. The number of carbonyl (C=O) groups excluding carboxylic acids is 1. The van der Waals surface area contributed by atoms with Gasteiger partial charge in [0.05, 0.1) is 31.8 Å². The first kappa shape index (κ1) is 20.0. The number of rotatable bonds is 3. The number of benzene rings is 3. The molecule has 4 rings (SSSR count). The molecule has 0 saturated heterocycles. The maximum absolute atomic E-state index is 13.1. The van der Waals surface area contributed by atoms with Crippen LogP contribution in [0, 0.1) is 0 Å². The fraction of sp³-hybridized carbons (Fsp3) is 0. The van der Waals surface area contributed by atoms with Crippen molar-refractivity contribution in [2.75, 3.05) is 5.32 Å². The zero-order chi connectivity index (χ0) is 20.5. The molecule has 0 fully saturated rings. The average Bonchev–Trinajstić information content (AvgIpc) is 2.70. The lowest BCUT2D eigenvalue weighted by Crippen LogP contribution is -2.13. The molecule has 0 saturated carbocycles. The Balaban J connectivity index is 1.82. The van der Waals surface area contributed by atoms with Gasteiger partial charge in [-0.25, -0.2) is 4.98 Å². The molecule has 0 atom stereocenters. The van der Waals surface area contributed by atoms with Crippen LogP contribution in [0.5, 0.6) is 0 Å². The van der Waals surface area contributed by atoms with E-state index in [0.29, 0.717) is 48.1 Å². The number of para-hydroxylation sites is 1. The van der Waals surface area contributed by atoms with E-state index in [0.717, 1.165) is 5.39 Å². The first-order chi connectivity index (χ1) is 13.9. The summed E-state index contributed by atoms with van der Waals surface area (Å²) in [5.74, 6) is -0.298. The maximum Gasteiger partial charge on any atom is 0.256 e. The summed E-state index contributed by atoms with van der Waals surface area (Å²) in [5, 5.41) is 5.33. The van der Waals surface area contributed by atoms with Crippen LogP contribution < -0.4 is 5.32 Å². The first-order valence-electron chi connectivity index (χ1n) is 8.54. The van der Waals surface area contributed by atoms with Crippen molar-refractivity contribution in [3.05, 3.63) is 92.4 Å². The number of hydrogen-bond acceptors (Lipinski definition) is 2. The zero-order valence-electron chi connectivity index (χ0n) is 14.7. The van der Waals surface area contributed by atoms with Gasteiger partial charge in [0.25, 0.3) is 5.91 Å². The van der Waals surface area contributed by atoms with Crippen LogP contribution in [0.4, 0.5) is 5.69 Å². The predicted molar refractivity (Wildman–Crippen MR) is 122 cm³/mol. The number of fused-ring (bicyclic) bond motifs is 1. The standard InChI is InChI=1S/C22H12Cl4N2O/c23-12-5-7-15(18(25)9-12)21-11-16(14-3-1-2-4-20(14)28-21)22(29)27-13-6-8-17(24)19(26)10-13/h1-11H,(H,27,29). The number of nitrogens with one attached hydrogen (secondary N) is 1. The van der Waals surface area contributed by atoms with E-state index >= 15 is 0 Å². The fourth-order valence-corrected chi connectivity index (χ4v) is 3.77. The van der Waals surface area contributed by atoms with Gasteiger partial charge in [0.2, 0.25) is 0 Å². The van der Waals surface area contributed by atoms with Crippen molar-refractivity contribution >= 4 is 68.9 Å². The lowest BCUT2D eigenvalue weighted by atomic mass is 10.0. The minimum absolute atomic E-state index is 0.298. The van der Waals surface area contributed by atoms with Crippen LogP contribution in [0.2, 0.25) is 20.1 Å². The van der Waals surface area contributed by atoms with Crippen molar-refractivity contribution in [2.24, 2.45) is 0 Å². The summed E-state index contributed by atoms with van der Waals surface area (Å²) in [4.78, 5) is 17.7. The second kappa shape index (κ2) is 8.21. The van der Waals surface area contributed by atoms with Gasteiger partial charge in [-0.05, 0) is 48.5 Å². The fourth-order valence-electron chi connectivity index (χ4n) is 2.97. The molecule has 1 aromatic heterocycles. The van der Waals surface area contributed by atoms with Gasteiger partial charge in [0.15, 0.2) is 0 Å². The number of pyridine rings is 1. The van der Waals surface area contributed by atoms with Crippen molar-refractivity contribution in [1.82, 2.24) is 4.98 Å². The molecule has 0 unspecified atom stereocenters. The molecule has 0 aliphatic carbocycles. The molecule has 1 heterocycles. The maximum atomic E-state index is 13.1. The highest BCUT2D eigenvalue weighted by molar-refractivity contribution is 6.42. The number of hydrogen-bond donors (Lipinski definition) is 1. The van der Waals surface area contributed by atoms with Gasteiger partial charge in [-0.2, -0.15) is 0 Å². The summed E-state index contributed by atoms with van der Waals surface area (Å²) in [6.07, 6.45) is 0. The predicted octanol–water partition coefficient (Wildman–Crippen LogP) is 7.77. The second-order valence-corrected chi connectivity index (χ2v) is 7.94. The Hall–Kier alpha value is -2.30. The van der Waals surface area contributed by atoms with Gasteiger partial charge >= 0.3 is 0 Å². The highest BCUT2D eigenvalue weighted by atomic mass is 35.5. The molecule has 0 radical (unpaired) electrons. The molecule has 1 amide bonds. The molecule has 7 heteroatoms. The van der Waals surface area contributed by atoms with Crippen LogP contribution in [0.25, 0.3) is 22.2 Å². The largest absolute Gasteiger partial charge is 0.322 e. The quantitative estimate of drug-likeness (QED) is 0.338. The molecule has 0 aliphatic heterocycles. The van der Waals surface area contributed by atoms with Gasteiger partial charge in [-0.3, -0.25) is 4.79 Å². The number of nitrogens with zero attached hydrogens (tertiary/aromatic N) is 1. The van der Waals surface area contributed by atoms with Gasteiger partial charge < -0.3 is 5.32 Å². The summed E-state index contributed by atoms with van der Waals surface area (Å²) in [5.41, 5.74) is 2.93. The van der Waals surface area contributed by atoms with Crippen LogP contribution >= 0.6 is 46.4 Å². The minimum Gasteiger partial charge on any atom is -0.322 e. The third-order valence-corrected chi connectivity index (χ3v) is 5.63. The van der Waals surface area contributed by atoms with E-state index in [-0.39, 0.29) is 5.91 Å². The Bertz CT molecular complexity index is 1260. The van der Waals surface area contributed by atoms with Crippen LogP contribution in [0.15, 0.2) is 66.7 Å². The topological polar surface area (TPSA) is 42.0 Å². The van der Waals surface area contributed by atoms with Crippen LogP contribution in [0.3, 0.4) is 0 Å². The van der Waals surface area contributed by atoms with Crippen molar-refractivity contribution in [3.8, 4) is 11.3 Å². The average molecular weight is 462 g/mol. The Labute approximate surface area is 187 Å². The van der Waals surface area contributed by atoms with Crippen LogP contribution in [-0.2, 0) is 0 Å². The highest BCUT2D eigenvalue weighted by Crippen LogP contribution is 2.32. The number of amides is 1. The summed E-state index contributed by atoms with van der Waals surface area (Å²) < 4.78 is 0. The molecular weight excluding hydrogens is 450 g/mol. The Morgan fingerprint density at radius 1 is 0.793 bits per heavy atom. The zero-order valence-corrected chi connectivity index (χ0v) is 17.7. The normalized spacial score (nSPS) is 10.9. The van der Waals surface area contributed by atoms with Crippen LogP contribution in [0.1, 0.15) is 10.4 Å². The van der Waals surface area contributed by atoms with Crippen LogP contribution in [-0.4, -0.2) is 10.9 Å². The summed E-state index contributed by atoms with van der Waals surface area (Å²) in [6, 6.07) is 19.2. The van der Waals surface area contributed by atoms with Crippen molar-refractivity contribution in [1.29, 1.82) is 0 Å². The van der Waals surface area contributed by atoms with Gasteiger partial charge in [0, 0.05) is 21.7 Å².